The summed E-state index contributed by atoms with van der Waals surface area (Å²) >= 11 is 7.38. The minimum Gasteiger partial charge on any atom is -0.494 e. The molecule has 3 aliphatic rings. The van der Waals surface area contributed by atoms with Crippen molar-refractivity contribution in [1.82, 2.24) is 0 Å². The van der Waals surface area contributed by atoms with E-state index in [0.717, 1.165) is 93.7 Å². The van der Waals surface area contributed by atoms with Crippen molar-refractivity contribution in [1.29, 1.82) is 0 Å². The third-order valence-electron chi connectivity index (χ3n) is 13.4. The molecule has 0 fully saturated rings. The summed E-state index contributed by atoms with van der Waals surface area (Å²) in [6, 6.07) is 12.5. The number of benzene rings is 2. The van der Waals surface area contributed by atoms with Crippen LogP contribution < -0.4 is 14.4 Å². The van der Waals surface area contributed by atoms with Crippen LogP contribution in [-0.4, -0.2) is 58.7 Å². The molecule has 1 aliphatic carbocycles. The van der Waals surface area contributed by atoms with Gasteiger partial charge in [-0.25, -0.2) is 0 Å². The number of anilines is 1. The summed E-state index contributed by atoms with van der Waals surface area (Å²) < 4.78 is 14.7. The van der Waals surface area contributed by atoms with Crippen LogP contribution in [0.4, 0.5) is 11.4 Å². The van der Waals surface area contributed by atoms with Crippen molar-refractivity contribution in [2.75, 3.05) is 31.2 Å². The number of rotatable bonds is 26. The Morgan fingerprint density at radius 1 is 0.746 bits per heavy atom. The molecule has 0 radical (unpaired) electrons. The van der Waals surface area contributed by atoms with Gasteiger partial charge in [-0.15, -0.1) is 0 Å². The zero-order valence-electron chi connectivity index (χ0n) is 39.5. The topological polar surface area (TPSA) is 99.3 Å². The molecule has 0 amide bonds. The molecule has 0 saturated carbocycles. The van der Waals surface area contributed by atoms with Crippen LogP contribution in [-0.2, 0) is 20.4 Å². The maximum Gasteiger partial charge on any atom is 0.309 e. The number of hydrogen-bond acceptors (Lipinski definition) is 5. The van der Waals surface area contributed by atoms with E-state index in [0.29, 0.717) is 32.2 Å². The molecule has 0 bridgehead atoms. The Balaban J connectivity index is 1.42. The first-order valence-corrected chi connectivity index (χ1v) is 24.5. The van der Waals surface area contributed by atoms with Gasteiger partial charge in [-0.05, 0) is 98.6 Å². The average Bonchev–Trinajstić information content (AvgIpc) is 3.60. The molecule has 2 N–H and O–H groups in total. The van der Waals surface area contributed by atoms with Crippen LogP contribution in [0.15, 0.2) is 82.6 Å². The number of carboxylic acids is 2. The van der Waals surface area contributed by atoms with Gasteiger partial charge in [0.15, 0.2) is 12.3 Å². The average molecular weight is 885 g/mol. The normalized spacial score (nSPS) is 19.1. The van der Waals surface area contributed by atoms with Crippen molar-refractivity contribution in [2.45, 2.75) is 168 Å². The quantitative estimate of drug-likeness (QED) is 0.0717. The van der Waals surface area contributed by atoms with Crippen LogP contribution in [0.2, 0.25) is 0 Å². The number of fused-ring (bicyclic) bond motifs is 2. The molecule has 2 aliphatic heterocycles. The second-order valence-corrected chi connectivity index (χ2v) is 19.3. The fraction of sp³-hybridized carbons (Fsp3) is 0.574. The minimum absolute atomic E-state index is 0.0172. The van der Waals surface area contributed by atoms with E-state index >= 15 is 0 Å². The first-order chi connectivity index (χ1) is 30.2. The molecule has 9 heteroatoms. The molecule has 0 spiro atoms. The van der Waals surface area contributed by atoms with Crippen molar-refractivity contribution in [2.24, 2.45) is 5.92 Å². The maximum atomic E-state index is 11.9. The van der Waals surface area contributed by atoms with Gasteiger partial charge in [-0.3, -0.25) is 9.59 Å². The summed E-state index contributed by atoms with van der Waals surface area (Å²) in [5, 5.41) is 20.2. The maximum absolute atomic E-state index is 11.9. The Morgan fingerprint density at radius 2 is 1.33 bits per heavy atom. The van der Waals surface area contributed by atoms with Crippen molar-refractivity contribution in [3.63, 3.8) is 0 Å². The van der Waals surface area contributed by atoms with Gasteiger partial charge in [0.2, 0.25) is 5.69 Å². The number of carboxylic acid groups (broad SMARTS) is 2. The highest BCUT2D eigenvalue weighted by atomic mass is 35.5. The number of aliphatic carboxylic acids is 2. The van der Waals surface area contributed by atoms with Crippen molar-refractivity contribution < 1.29 is 33.9 Å². The number of halogens is 1. The van der Waals surface area contributed by atoms with E-state index in [2.05, 4.69) is 107 Å². The lowest BCUT2D eigenvalue weighted by atomic mass is 9.80. The lowest BCUT2D eigenvalue weighted by Crippen LogP contribution is -2.28. The predicted molar refractivity (Wildman–Crippen MR) is 260 cm³/mol. The molecular formula is C54H76ClN2O6+. The van der Waals surface area contributed by atoms with Gasteiger partial charge in [-0.1, -0.05) is 129 Å². The van der Waals surface area contributed by atoms with Crippen LogP contribution in [0.5, 0.6) is 11.5 Å². The second-order valence-electron chi connectivity index (χ2n) is 18.9. The standard InChI is InChI=1S/C54H75ClN2O6/c1-8-11-13-15-17-19-33-62-42-23-25-46-44(37-42)53(4,5)48(56(46)31-29-50(58)59)27-21-40-35-39(10-3)36-41(52(40)55)22-28-49-54(6,7)45-38-43(63-34-20-18-16-14-12-9-2)24-26-47(45)57(49)32-30-51(60)61/h21-28,37-39H,8-20,29-36H2,1-7H3,(H-,58,59,60,61)/p+1. The van der Waals surface area contributed by atoms with Crippen LogP contribution in [0.1, 0.15) is 169 Å². The van der Waals surface area contributed by atoms with Crippen LogP contribution >= 0.6 is 11.6 Å². The van der Waals surface area contributed by atoms with Gasteiger partial charge in [0, 0.05) is 46.1 Å². The van der Waals surface area contributed by atoms with Crippen LogP contribution in [0.3, 0.4) is 0 Å². The molecule has 8 nitrogen and oxygen atoms in total. The summed E-state index contributed by atoms with van der Waals surface area (Å²) in [5.74, 6) is 0.429. The number of unbranched alkanes of at least 4 members (excludes halogenated alkanes) is 10. The number of allylic oxidation sites excluding steroid dienone is 8. The minimum atomic E-state index is -0.830. The van der Waals surface area contributed by atoms with Gasteiger partial charge in [0.05, 0.1) is 25.0 Å². The molecule has 1 atom stereocenters. The molecule has 63 heavy (non-hydrogen) atoms. The zero-order valence-corrected chi connectivity index (χ0v) is 40.3. The monoisotopic (exact) mass is 884 g/mol. The number of carbonyl (C=O) groups is 2. The Hall–Kier alpha value is -4.30. The summed E-state index contributed by atoms with van der Waals surface area (Å²) in [4.78, 5) is 25.9. The van der Waals surface area contributed by atoms with E-state index in [-0.39, 0.29) is 12.8 Å². The highest BCUT2D eigenvalue weighted by molar-refractivity contribution is 6.32. The Bertz CT molecular complexity index is 2060. The first kappa shape index (κ1) is 49.7. The van der Waals surface area contributed by atoms with Crippen LogP contribution in [0, 0.1) is 5.92 Å². The summed E-state index contributed by atoms with van der Waals surface area (Å²) in [6.45, 7) is 17.6. The third kappa shape index (κ3) is 12.9. The van der Waals surface area contributed by atoms with Crippen molar-refractivity contribution in [3.8, 4) is 11.5 Å². The molecule has 5 rings (SSSR count). The first-order valence-electron chi connectivity index (χ1n) is 24.1. The van der Waals surface area contributed by atoms with Gasteiger partial charge in [-0.2, -0.15) is 4.58 Å². The molecular weight excluding hydrogens is 808 g/mol. The van der Waals surface area contributed by atoms with Crippen LogP contribution in [0.25, 0.3) is 0 Å². The van der Waals surface area contributed by atoms with Gasteiger partial charge in [0.1, 0.15) is 17.9 Å². The van der Waals surface area contributed by atoms with E-state index in [1.165, 1.54) is 64.2 Å². The molecule has 2 heterocycles. The molecule has 344 valence electrons. The third-order valence-corrected chi connectivity index (χ3v) is 13.9. The Kier molecular flexibility index (Phi) is 18.6. The fourth-order valence-corrected chi connectivity index (χ4v) is 9.82. The highest BCUT2D eigenvalue weighted by Crippen LogP contribution is 2.50. The van der Waals surface area contributed by atoms with Gasteiger partial charge in [0.25, 0.3) is 0 Å². The molecule has 1 unspecified atom stereocenters. The van der Waals surface area contributed by atoms with Crippen molar-refractivity contribution in [3.05, 3.63) is 93.7 Å². The molecule has 0 saturated heterocycles. The van der Waals surface area contributed by atoms with Gasteiger partial charge < -0.3 is 24.6 Å². The SMILES string of the molecule is CCCCCCCCOc1ccc2c(c1)C(C)(C)C(=CC=C1CC(CC)CC(C=CC3=[N+](CCC(=O)O)c4ccc(OCCCCCCCC)cc4C3(C)C)=C1Cl)N2CCC(=O)O. The second kappa shape index (κ2) is 23.6. The Morgan fingerprint density at radius 3 is 1.94 bits per heavy atom. The van der Waals surface area contributed by atoms with E-state index in [1.54, 1.807) is 0 Å². The van der Waals surface area contributed by atoms with Crippen molar-refractivity contribution >= 4 is 40.6 Å². The number of ether oxygens (including phenoxy) is 2. The molecule has 2 aromatic rings. The molecule has 2 aromatic carbocycles. The van der Waals surface area contributed by atoms with Gasteiger partial charge >= 0.3 is 11.9 Å². The lowest BCUT2D eigenvalue weighted by Gasteiger charge is -2.28. The number of nitrogens with zero attached hydrogens (tertiary/aromatic N) is 2. The number of hydrogen-bond donors (Lipinski definition) is 2. The van der Waals surface area contributed by atoms with E-state index in [4.69, 9.17) is 21.1 Å². The van der Waals surface area contributed by atoms with E-state index in [1.807, 2.05) is 12.1 Å². The zero-order chi connectivity index (χ0) is 45.6. The Labute approximate surface area is 383 Å². The van der Waals surface area contributed by atoms with E-state index < -0.39 is 22.8 Å². The lowest BCUT2D eigenvalue weighted by molar-refractivity contribution is -0.436. The summed E-state index contributed by atoms with van der Waals surface area (Å²) in [5.41, 5.74) is 7.65. The smallest absolute Gasteiger partial charge is 0.309 e. The molecule has 0 aromatic heterocycles. The highest BCUT2D eigenvalue weighted by Gasteiger charge is 2.45. The summed E-state index contributed by atoms with van der Waals surface area (Å²) in [7, 11) is 0. The largest absolute Gasteiger partial charge is 0.494 e. The summed E-state index contributed by atoms with van der Waals surface area (Å²) in [6.07, 6.45) is 25.8. The predicted octanol–water partition coefficient (Wildman–Crippen LogP) is 14.0. The van der Waals surface area contributed by atoms with E-state index in [9.17, 15) is 19.8 Å². The fourth-order valence-electron chi connectivity index (χ4n) is 9.54.